The van der Waals surface area contributed by atoms with Gasteiger partial charge in [-0.3, -0.25) is 24.0 Å². The number of urea groups is 1. The van der Waals surface area contributed by atoms with E-state index in [2.05, 4.69) is 22.5 Å². The van der Waals surface area contributed by atoms with Gasteiger partial charge in [0.05, 0.1) is 6.04 Å². The van der Waals surface area contributed by atoms with Gasteiger partial charge in [0.2, 0.25) is 23.5 Å². The van der Waals surface area contributed by atoms with Gasteiger partial charge in [-0.15, -0.1) is 0 Å². The molecular weight excluding hydrogens is 516 g/mol. The zero-order valence-electron chi connectivity index (χ0n) is 24.3. The van der Waals surface area contributed by atoms with Crippen LogP contribution in [0.15, 0.2) is 12.2 Å². The minimum absolute atomic E-state index is 0.0567. The molecule has 0 bridgehead atoms. The lowest BCUT2D eigenvalue weighted by Crippen LogP contribution is -2.62. The largest absolute Gasteiger partial charge is 0.368 e. The summed E-state index contributed by atoms with van der Waals surface area (Å²) in [6.07, 6.45) is 3.17. The Balaban J connectivity index is 1.83. The topological polar surface area (TPSA) is 194 Å². The number of rotatable bonds is 11. The maximum Gasteiger partial charge on any atom is 0.316 e. The van der Waals surface area contributed by atoms with E-state index in [4.69, 9.17) is 11.5 Å². The van der Waals surface area contributed by atoms with Crippen molar-refractivity contribution in [3.63, 3.8) is 0 Å². The number of amides is 6. The van der Waals surface area contributed by atoms with Crippen LogP contribution in [-0.2, 0) is 24.0 Å². The van der Waals surface area contributed by atoms with Crippen LogP contribution in [0.25, 0.3) is 0 Å². The van der Waals surface area contributed by atoms with Crippen molar-refractivity contribution in [2.45, 2.75) is 91.4 Å². The van der Waals surface area contributed by atoms with Crippen molar-refractivity contribution in [1.82, 2.24) is 20.9 Å². The molecule has 6 amide bonds. The van der Waals surface area contributed by atoms with Gasteiger partial charge >= 0.3 is 6.03 Å². The van der Waals surface area contributed by atoms with E-state index < -0.39 is 65.0 Å². The van der Waals surface area contributed by atoms with E-state index in [1.807, 2.05) is 13.8 Å². The average Bonchev–Trinajstić information content (AvgIpc) is 3.14. The number of fused-ring (bicyclic) bond motifs is 1. The molecule has 0 aromatic carbocycles. The van der Waals surface area contributed by atoms with Crippen LogP contribution in [0, 0.1) is 28.6 Å². The third-order valence-corrected chi connectivity index (χ3v) is 8.87. The third kappa shape index (κ3) is 6.31. The van der Waals surface area contributed by atoms with Crippen LogP contribution >= 0.6 is 0 Å². The number of ketones is 1. The lowest BCUT2D eigenvalue weighted by Gasteiger charge is -2.38. The average molecular weight is 561 g/mol. The van der Waals surface area contributed by atoms with E-state index in [0.29, 0.717) is 18.5 Å². The molecule has 1 saturated heterocycles. The molecule has 3 aliphatic rings. The number of Topliss-reactive ketones (excluding diaryl/α,β-unsaturated/α-hetero) is 1. The van der Waals surface area contributed by atoms with Crippen LogP contribution in [0.4, 0.5) is 4.79 Å². The number of hydrogen-bond donors (Lipinski definition) is 5. The summed E-state index contributed by atoms with van der Waals surface area (Å²) in [5.74, 6) is -3.61. The molecule has 0 spiro atoms. The monoisotopic (exact) mass is 560 g/mol. The molecule has 3 rings (SSSR count). The fourth-order valence-corrected chi connectivity index (χ4v) is 6.09. The lowest BCUT2D eigenvalue weighted by atomic mass is 9.80. The Hall–Kier alpha value is -3.44. The minimum atomic E-state index is -1.12. The number of nitrogens with zero attached hydrogens (tertiary/aromatic N) is 1. The Morgan fingerprint density at radius 1 is 1.02 bits per heavy atom. The number of carbonyl (C=O) groups is 6. The Bertz CT molecular complexity index is 1090. The molecule has 1 unspecified atom stereocenters. The van der Waals surface area contributed by atoms with E-state index in [-0.39, 0.29) is 23.2 Å². The van der Waals surface area contributed by atoms with E-state index in [0.717, 1.165) is 19.3 Å². The molecule has 6 atom stereocenters. The van der Waals surface area contributed by atoms with Gasteiger partial charge in [0.1, 0.15) is 18.1 Å². The van der Waals surface area contributed by atoms with Crippen LogP contribution in [-0.4, -0.2) is 71.1 Å². The molecule has 12 heteroatoms. The molecule has 2 saturated carbocycles. The van der Waals surface area contributed by atoms with Gasteiger partial charge < -0.3 is 32.3 Å². The molecule has 0 aromatic heterocycles. The summed E-state index contributed by atoms with van der Waals surface area (Å²) in [5.41, 5.74) is 10.0. The van der Waals surface area contributed by atoms with Crippen molar-refractivity contribution < 1.29 is 28.8 Å². The summed E-state index contributed by atoms with van der Waals surface area (Å²) in [6, 6.07) is -4.90. The van der Waals surface area contributed by atoms with Gasteiger partial charge in [-0.25, -0.2) is 4.79 Å². The summed E-state index contributed by atoms with van der Waals surface area (Å²) in [4.78, 5) is 78.1. The predicted molar refractivity (Wildman–Crippen MR) is 147 cm³/mol. The fraction of sp³-hybridized carbons (Fsp3) is 0.714. The molecule has 2 aliphatic carbocycles. The van der Waals surface area contributed by atoms with E-state index in [9.17, 15) is 28.8 Å². The van der Waals surface area contributed by atoms with Crippen molar-refractivity contribution in [2.75, 3.05) is 6.54 Å². The molecule has 3 fully saturated rings. The molecule has 222 valence electrons. The van der Waals surface area contributed by atoms with Gasteiger partial charge in [0, 0.05) is 6.54 Å². The summed E-state index contributed by atoms with van der Waals surface area (Å²) >= 11 is 0. The zero-order chi connectivity index (χ0) is 30.3. The van der Waals surface area contributed by atoms with Gasteiger partial charge in [-0.05, 0) is 47.5 Å². The highest BCUT2D eigenvalue weighted by molar-refractivity contribution is 6.37. The zero-order valence-corrected chi connectivity index (χ0v) is 24.3. The molecule has 7 N–H and O–H groups in total. The molecular formula is C28H44N6O6. The second-order valence-electron chi connectivity index (χ2n) is 13.3. The van der Waals surface area contributed by atoms with Crippen LogP contribution in [0.3, 0.4) is 0 Å². The summed E-state index contributed by atoms with van der Waals surface area (Å²) in [6.45, 7) is 14.9. The Morgan fingerprint density at radius 2 is 1.62 bits per heavy atom. The Labute approximate surface area is 235 Å². The highest BCUT2D eigenvalue weighted by Gasteiger charge is 2.70. The van der Waals surface area contributed by atoms with Crippen LogP contribution < -0.4 is 27.4 Å². The molecule has 40 heavy (non-hydrogen) atoms. The first-order valence-electron chi connectivity index (χ1n) is 13.8. The predicted octanol–water partition coefficient (Wildman–Crippen LogP) is 0.343. The molecule has 0 aromatic rings. The van der Waals surface area contributed by atoms with Crippen molar-refractivity contribution in [1.29, 1.82) is 0 Å². The number of piperidine rings is 1. The second kappa shape index (κ2) is 11.2. The number of nitrogens with one attached hydrogen (secondary N) is 3. The molecule has 1 aliphatic heterocycles. The molecule has 12 nitrogen and oxygen atoms in total. The minimum Gasteiger partial charge on any atom is -0.368 e. The second-order valence-corrected chi connectivity index (χ2v) is 13.3. The number of hydrogen-bond acceptors (Lipinski definition) is 6. The summed E-state index contributed by atoms with van der Waals surface area (Å²) in [5, 5.41) is 7.86. The van der Waals surface area contributed by atoms with Crippen molar-refractivity contribution in [2.24, 2.45) is 40.1 Å². The summed E-state index contributed by atoms with van der Waals surface area (Å²) in [7, 11) is 0. The van der Waals surface area contributed by atoms with Crippen molar-refractivity contribution in [3.05, 3.63) is 12.2 Å². The first-order chi connectivity index (χ1) is 18.4. The van der Waals surface area contributed by atoms with E-state index in [1.54, 1.807) is 27.7 Å². The van der Waals surface area contributed by atoms with Crippen molar-refractivity contribution in [3.8, 4) is 0 Å². The van der Waals surface area contributed by atoms with Crippen LogP contribution in [0.2, 0.25) is 0 Å². The van der Waals surface area contributed by atoms with Crippen LogP contribution in [0.1, 0.15) is 67.2 Å². The maximum absolute atomic E-state index is 14.0. The summed E-state index contributed by atoms with van der Waals surface area (Å²) < 4.78 is 0. The number of likely N-dealkylation sites (tertiary alicyclic amines) is 1. The smallest absolute Gasteiger partial charge is 0.316 e. The third-order valence-electron chi connectivity index (χ3n) is 8.87. The first kappa shape index (κ1) is 31.1. The molecule has 0 radical (unpaired) electrons. The Morgan fingerprint density at radius 3 is 2.08 bits per heavy atom. The number of primary amides is 2. The first-order valence-corrected chi connectivity index (χ1v) is 13.8. The van der Waals surface area contributed by atoms with Crippen LogP contribution in [0.5, 0.6) is 0 Å². The highest BCUT2D eigenvalue weighted by atomic mass is 16.2. The number of carbonyl (C=O) groups excluding carboxylic acids is 6. The SMILES string of the molecule is C=C(C)[C@H](NC(=O)N[C@H](C(=O)N1C[C@H]2[C@@H]([C@H]1C(=O)NC(CC1CCC1)C(=O)C(N)=O)C2(C)C)C(C)(C)C)C(N)=O. The molecule has 1 heterocycles. The van der Waals surface area contributed by atoms with Gasteiger partial charge in [0.25, 0.3) is 5.91 Å². The fourth-order valence-electron chi connectivity index (χ4n) is 6.09. The number of nitrogens with two attached hydrogens (primary N) is 2. The quantitative estimate of drug-likeness (QED) is 0.179. The highest BCUT2D eigenvalue weighted by Crippen LogP contribution is 2.65. The van der Waals surface area contributed by atoms with E-state index >= 15 is 0 Å². The van der Waals surface area contributed by atoms with Crippen molar-refractivity contribution >= 4 is 35.4 Å². The Kier molecular flexibility index (Phi) is 8.71. The lowest BCUT2D eigenvalue weighted by molar-refractivity contribution is -0.145. The normalized spacial score (nSPS) is 25.4. The standard InChI is InChI=1S/C28H44N6O6/c1-13(2)18(22(29)36)32-26(40)33-21(27(3,4)5)25(39)34-12-15-17(28(15,6)7)19(34)24(38)31-16(20(35)23(30)37)11-14-9-8-10-14/h14-19,21H,1,8-12H2,2-7H3,(H2,29,36)(H2,30,37)(H,31,38)(H2,32,33,40)/t15-,16?,17-,18-,19-,21+/m0/s1. The van der Waals surface area contributed by atoms with Gasteiger partial charge in [-0.2, -0.15) is 0 Å². The van der Waals surface area contributed by atoms with Gasteiger partial charge in [0.15, 0.2) is 0 Å². The maximum atomic E-state index is 14.0. The van der Waals surface area contributed by atoms with Gasteiger partial charge in [-0.1, -0.05) is 60.5 Å². The van der Waals surface area contributed by atoms with E-state index in [1.165, 1.54) is 4.90 Å².